The average Bonchev–Trinajstić information content (AvgIpc) is 3.15. The molecule has 0 spiro atoms. The molecule has 1 N–H and O–H groups in total. The number of aromatic nitrogens is 4. The Balaban J connectivity index is 1.73. The second-order valence-corrected chi connectivity index (χ2v) is 5.15. The maximum absolute atomic E-state index is 5.46. The van der Waals surface area contributed by atoms with E-state index in [0.717, 1.165) is 13.0 Å². The van der Waals surface area contributed by atoms with Gasteiger partial charge in [-0.15, -0.1) is 0 Å². The van der Waals surface area contributed by atoms with Gasteiger partial charge in [0.2, 0.25) is 11.7 Å². The molecule has 0 saturated carbocycles. The number of nitrogens with zero attached hydrogens (tertiary/aromatic N) is 4. The maximum atomic E-state index is 5.46. The highest BCUT2D eigenvalue weighted by molar-refractivity contribution is 5.43. The largest absolute Gasteiger partial charge is 0.337 e. The summed E-state index contributed by atoms with van der Waals surface area (Å²) in [5.74, 6) is 1.80. The van der Waals surface area contributed by atoms with Gasteiger partial charge in [0, 0.05) is 26.0 Å². The van der Waals surface area contributed by atoms with Crippen LogP contribution in [0.1, 0.15) is 23.1 Å². The van der Waals surface area contributed by atoms with Crippen molar-refractivity contribution in [1.82, 2.24) is 25.0 Å². The van der Waals surface area contributed by atoms with Crippen molar-refractivity contribution in [3.8, 4) is 11.6 Å². The molecule has 6 nitrogen and oxygen atoms in total. The lowest BCUT2D eigenvalue weighted by Crippen LogP contribution is -2.30. The van der Waals surface area contributed by atoms with Crippen LogP contribution >= 0.6 is 0 Å². The van der Waals surface area contributed by atoms with E-state index in [-0.39, 0.29) is 6.04 Å². The topological polar surface area (TPSA) is 68.8 Å². The Labute approximate surface area is 121 Å². The van der Waals surface area contributed by atoms with E-state index in [4.69, 9.17) is 4.52 Å². The van der Waals surface area contributed by atoms with Gasteiger partial charge in [0.15, 0.2) is 5.82 Å². The first-order valence-corrected chi connectivity index (χ1v) is 6.95. The molecule has 1 aliphatic heterocycles. The molecule has 3 aromatic rings. The molecule has 1 unspecified atom stereocenters. The van der Waals surface area contributed by atoms with Crippen LogP contribution in [0.5, 0.6) is 0 Å². The van der Waals surface area contributed by atoms with Crippen LogP contribution in [-0.2, 0) is 13.5 Å². The Morgan fingerprint density at radius 2 is 2.24 bits per heavy atom. The maximum Gasteiger partial charge on any atom is 0.248 e. The summed E-state index contributed by atoms with van der Waals surface area (Å²) < 4.78 is 7.33. The third kappa shape index (κ3) is 2.04. The predicted octanol–water partition coefficient (Wildman–Crippen LogP) is 1.71. The van der Waals surface area contributed by atoms with Gasteiger partial charge in [-0.3, -0.25) is 0 Å². The second kappa shape index (κ2) is 4.82. The van der Waals surface area contributed by atoms with Crippen LogP contribution in [-0.4, -0.2) is 26.2 Å². The van der Waals surface area contributed by atoms with Crippen LogP contribution < -0.4 is 5.32 Å². The third-order valence-electron chi connectivity index (χ3n) is 3.82. The lowest BCUT2D eigenvalue weighted by molar-refractivity contribution is 0.343. The highest BCUT2D eigenvalue weighted by Gasteiger charge is 2.26. The number of hydrogen-bond donors (Lipinski definition) is 1. The van der Waals surface area contributed by atoms with Gasteiger partial charge >= 0.3 is 0 Å². The molecule has 1 atom stereocenters. The fourth-order valence-electron chi connectivity index (χ4n) is 2.75. The van der Waals surface area contributed by atoms with Crippen LogP contribution in [0, 0.1) is 0 Å². The number of nitrogens with one attached hydrogen (secondary N) is 1. The van der Waals surface area contributed by atoms with E-state index in [1.165, 1.54) is 11.1 Å². The molecule has 0 aliphatic carbocycles. The van der Waals surface area contributed by atoms with E-state index < -0.39 is 0 Å². The summed E-state index contributed by atoms with van der Waals surface area (Å²) >= 11 is 0. The Bertz CT molecular complexity index is 776. The predicted molar refractivity (Wildman–Crippen MR) is 76.5 cm³/mol. The smallest absolute Gasteiger partial charge is 0.248 e. The molecular weight excluding hydrogens is 266 g/mol. The van der Waals surface area contributed by atoms with E-state index in [0.29, 0.717) is 17.5 Å². The summed E-state index contributed by atoms with van der Waals surface area (Å²) in [4.78, 5) is 8.76. The molecular formula is C15H15N5O. The van der Waals surface area contributed by atoms with Crippen molar-refractivity contribution in [3.05, 3.63) is 53.7 Å². The van der Waals surface area contributed by atoms with Crippen LogP contribution in [0.4, 0.5) is 0 Å². The monoisotopic (exact) mass is 281 g/mol. The van der Waals surface area contributed by atoms with Crippen LogP contribution in [0.2, 0.25) is 0 Å². The van der Waals surface area contributed by atoms with Crippen LogP contribution in [0.25, 0.3) is 11.6 Å². The van der Waals surface area contributed by atoms with E-state index in [9.17, 15) is 0 Å². The van der Waals surface area contributed by atoms with Crippen LogP contribution in [0.3, 0.4) is 0 Å². The standard InChI is InChI=1S/C15H15N5O/c1-20-9-8-17-14(20)13-18-15(21-19-13)12-11-5-3-2-4-10(11)6-7-16-12/h2-5,8-9,12,16H,6-7H2,1H3. The van der Waals surface area contributed by atoms with E-state index in [1.807, 2.05) is 23.9 Å². The van der Waals surface area contributed by atoms with Gasteiger partial charge in [-0.05, 0) is 17.5 Å². The molecule has 6 heteroatoms. The van der Waals surface area contributed by atoms with Crippen molar-refractivity contribution in [2.75, 3.05) is 6.54 Å². The van der Waals surface area contributed by atoms with Crippen molar-refractivity contribution in [2.24, 2.45) is 7.05 Å². The Morgan fingerprint density at radius 3 is 3.10 bits per heavy atom. The van der Waals surface area contributed by atoms with Crippen molar-refractivity contribution >= 4 is 0 Å². The molecule has 0 bridgehead atoms. The summed E-state index contributed by atoms with van der Waals surface area (Å²) in [6.07, 6.45) is 4.60. The SMILES string of the molecule is Cn1ccnc1-c1noc(C2NCCc3ccccc32)n1. The highest BCUT2D eigenvalue weighted by atomic mass is 16.5. The van der Waals surface area contributed by atoms with Crippen molar-refractivity contribution in [1.29, 1.82) is 0 Å². The molecule has 0 radical (unpaired) electrons. The first kappa shape index (κ1) is 12.3. The van der Waals surface area contributed by atoms with Gasteiger partial charge < -0.3 is 14.4 Å². The molecule has 1 aliphatic rings. The summed E-state index contributed by atoms with van der Waals surface area (Å²) in [5, 5.41) is 7.50. The Hall–Kier alpha value is -2.47. The van der Waals surface area contributed by atoms with Gasteiger partial charge in [0.05, 0.1) is 0 Å². The van der Waals surface area contributed by atoms with Gasteiger partial charge in [0.25, 0.3) is 0 Å². The third-order valence-corrected chi connectivity index (χ3v) is 3.82. The van der Waals surface area contributed by atoms with Crippen molar-refractivity contribution in [3.63, 3.8) is 0 Å². The number of benzene rings is 1. The van der Waals surface area contributed by atoms with Gasteiger partial charge in [-0.25, -0.2) is 4.98 Å². The second-order valence-electron chi connectivity index (χ2n) is 5.15. The minimum atomic E-state index is -0.0449. The lowest BCUT2D eigenvalue weighted by Gasteiger charge is -2.23. The zero-order chi connectivity index (χ0) is 14.2. The Kier molecular flexibility index (Phi) is 2.82. The molecule has 0 saturated heterocycles. The van der Waals surface area contributed by atoms with E-state index in [1.54, 1.807) is 6.20 Å². The van der Waals surface area contributed by atoms with Crippen molar-refractivity contribution in [2.45, 2.75) is 12.5 Å². The number of rotatable bonds is 2. The minimum Gasteiger partial charge on any atom is -0.337 e. The summed E-state index contributed by atoms with van der Waals surface area (Å²) in [6.45, 7) is 0.905. The molecule has 21 heavy (non-hydrogen) atoms. The van der Waals surface area contributed by atoms with E-state index >= 15 is 0 Å². The normalized spacial score (nSPS) is 17.7. The number of aryl methyl sites for hydroxylation is 1. The number of fused-ring (bicyclic) bond motifs is 1. The van der Waals surface area contributed by atoms with E-state index in [2.05, 4.69) is 38.6 Å². The first-order valence-electron chi connectivity index (χ1n) is 6.95. The van der Waals surface area contributed by atoms with Crippen molar-refractivity contribution < 1.29 is 4.52 Å². The molecule has 106 valence electrons. The number of imidazole rings is 1. The average molecular weight is 281 g/mol. The van der Waals surface area contributed by atoms with Gasteiger partial charge in [0.1, 0.15) is 6.04 Å². The minimum absolute atomic E-state index is 0.0449. The molecule has 3 heterocycles. The fourth-order valence-corrected chi connectivity index (χ4v) is 2.75. The highest BCUT2D eigenvalue weighted by Crippen LogP contribution is 2.28. The van der Waals surface area contributed by atoms with Crippen LogP contribution in [0.15, 0.2) is 41.2 Å². The zero-order valence-corrected chi connectivity index (χ0v) is 11.7. The molecule has 1 aromatic carbocycles. The Morgan fingerprint density at radius 1 is 1.33 bits per heavy atom. The van der Waals surface area contributed by atoms with Gasteiger partial charge in [-0.1, -0.05) is 29.4 Å². The summed E-state index contributed by atoms with van der Waals surface area (Å²) in [6, 6.07) is 8.32. The molecule has 2 aromatic heterocycles. The molecule has 4 rings (SSSR count). The first-order chi connectivity index (χ1) is 10.3. The molecule has 0 fully saturated rings. The summed E-state index contributed by atoms with van der Waals surface area (Å²) in [5.41, 5.74) is 2.54. The summed E-state index contributed by atoms with van der Waals surface area (Å²) in [7, 11) is 1.91. The zero-order valence-electron chi connectivity index (χ0n) is 11.7. The lowest BCUT2D eigenvalue weighted by atomic mass is 9.94. The molecule has 0 amide bonds. The number of hydrogen-bond acceptors (Lipinski definition) is 5. The fraction of sp³-hybridized carbons (Fsp3) is 0.267. The van der Waals surface area contributed by atoms with Gasteiger partial charge in [-0.2, -0.15) is 4.98 Å². The quantitative estimate of drug-likeness (QED) is 0.774.